The van der Waals surface area contributed by atoms with Crippen molar-refractivity contribution in [2.75, 3.05) is 18.5 Å². The van der Waals surface area contributed by atoms with Crippen molar-refractivity contribution in [3.8, 4) is 17.1 Å². The Hall–Kier alpha value is -2.63. The van der Waals surface area contributed by atoms with Crippen LogP contribution in [0, 0.1) is 0 Å². The van der Waals surface area contributed by atoms with Gasteiger partial charge in [-0.3, -0.25) is 0 Å². The van der Waals surface area contributed by atoms with Crippen LogP contribution < -0.4 is 10.1 Å². The summed E-state index contributed by atoms with van der Waals surface area (Å²) in [7, 11) is 0. The molecule has 1 heterocycles. The van der Waals surface area contributed by atoms with E-state index in [1.807, 2.05) is 38.1 Å². The summed E-state index contributed by atoms with van der Waals surface area (Å²) in [5.74, 6) is 0.445. The number of rotatable bonds is 6. The predicted molar refractivity (Wildman–Crippen MR) is 79.8 cm³/mol. The van der Waals surface area contributed by atoms with Crippen molar-refractivity contribution >= 4 is 11.8 Å². The molecule has 0 unspecified atom stereocenters. The highest BCUT2D eigenvalue weighted by Gasteiger charge is 2.14. The highest BCUT2D eigenvalue weighted by molar-refractivity contribution is 5.93. The maximum absolute atomic E-state index is 11.1. The molecule has 0 aliphatic heterocycles. The number of nitrogens with zero attached hydrogens (tertiary/aromatic N) is 2. The van der Waals surface area contributed by atoms with Gasteiger partial charge in [0.1, 0.15) is 17.1 Å². The van der Waals surface area contributed by atoms with Gasteiger partial charge in [0.25, 0.3) is 0 Å². The molecular weight excluding hydrogens is 270 g/mol. The van der Waals surface area contributed by atoms with Crippen molar-refractivity contribution in [1.29, 1.82) is 0 Å². The fraction of sp³-hybridized carbons (Fsp3) is 0.267. The van der Waals surface area contributed by atoms with Gasteiger partial charge in [0.15, 0.2) is 5.82 Å². The molecule has 2 aromatic rings. The molecule has 2 N–H and O–H groups in total. The van der Waals surface area contributed by atoms with Gasteiger partial charge in [-0.1, -0.05) is 12.1 Å². The molecule has 0 saturated carbocycles. The van der Waals surface area contributed by atoms with E-state index in [4.69, 9.17) is 9.84 Å². The fourth-order valence-corrected chi connectivity index (χ4v) is 1.87. The van der Waals surface area contributed by atoms with Gasteiger partial charge in [0, 0.05) is 18.3 Å². The molecule has 0 aliphatic rings. The van der Waals surface area contributed by atoms with Crippen molar-refractivity contribution in [1.82, 2.24) is 9.97 Å². The van der Waals surface area contributed by atoms with Crippen LogP contribution in [0.1, 0.15) is 24.2 Å². The second-order valence-electron chi connectivity index (χ2n) is 4.25. The van der Waals surface area contributed by atoms with E-state index in [-0.39, 0.29) is 5.56 Å². The largest absolute Gasteiger partial charge is 0.494 e. The smallest absolute Gasteiger partial charge is 0.341 e. The molecule has 2 rings (SSSR count). The van der Waals surface area contributed by atoms with Crippen molar-refractivity contribution in [2.45, 2.75) is 13.8 Å². The van der Waals surface area contributed by atoms with Crippen LogP contribution in [0.25, 0.3) is 11.4 Å². The summed E-state index contributed by atoms with van der Waals surface area (Å²) in [6, 6.07) is 7.38. The van der Waals surface area contributed by atoms with Crippen molar-refractivity contribution in [3.63, 3.8) is 0 Å². The van der Waals surface area contributed by atoms with Crippen LogP contribution in [0.15, 0.2) is 30.5 Å². The summed E-state index contributed by atoms with van der Waals surface area (Å²) < 4.78 is 5.44. The van der Waals surface area contributed by atoms with Crippen molar-refractivity contribution in [3.05, 3.63) is 36.0 Å². The molecule has 0 aliphatic carbocycles. The average Bonchev–Trinajstić information content (AvgIpc) is 2.48. The molecule has 6 nitrogen and oxygen atoms in total. The van der Waals surface area contributed by atoms with Crippen LogP contribution in [0.4, 0.5) is 5.82 Å². The zero-order chi connectivity index (χ0) is 15.2. The summed E-state index contributed by atoms with van der Waals surface area (Å²) in [5, 5.41) is 12.1. The molecule has 6 heteroatoms. The number of anilines is 1. The molecule has 1 aromatic carbocycles. The molecule has 21 heavy (non-hydrogen) atoms. The van der Waals surface area contributed by atoms with Gasteiger partial charge in [-0.2, -0.15) is 0 Å². The van der Waals surface area contributed by atoms with Crippen LogP contribution in [-0.4, -0.2) is 34.2 Å². The molecule has 0 amide bonds. The number of benzene rings is 1. The fourth-order valence-electron chi connectivity index (χ4n) is 1.87. The first-order valence-corrected chi connectivity index (χ1v) is 6.73. The Kier molecular flexibility index (Phi) is 4.71. The van der Waals surface area contributed by atoms with Gasteiger partial charge in [-0.15, -0.1) is 0 Å². The number of nitrogens with one attached hydrogen (secondary N) is 1. The van der Waals surface area contributed by atoms with E-state index in [1.165, 1.54) is 6.20 Å². The normalized spacial score (nSPS) is 10.2. The lowest BCUT2D eigenvalue weighted by Gasteiger charge is -2.09. The standard InChI is InChI=1S/C15H17N3O3/c1-3-16-14-12(15(19)20)9-17-13(18-14)10-6-5-7-11(8-10)21-4-2/h5-9H,3-4H2,1-2H3,(H,19,20)(H,16,17,18). The maximum atomic E-state index is 11.1. The minimum atomic E-state index is -1.06. The number of ether oxygens (including phenoxy) is 1. The minimum absolute atomic E-state index is 0.0570. The van der Waals surface area contributed by atoms with Crippen LogP contribution in [0.2, 0.25) is 0 Å². The van der Waals surface area contributed by atoms with Crippen LogP contribution in [-0.2, 0) is 0 Å². The minimum Gasteiger partial charge on any atom is -0.494 e. The van der Waals surface area contributed by atoms with Gasteiger partial charge in [-0.05, 0) is 26.0 Å². The molecule has 110 valence electrons. The van der Waals surface area contributed by atoms with Crippen molar-refractivity contribution in [2.24, 2.45) is 0 Å². The summed E-state index contributed by atoms with van der Waals surface area (Å²) in [4.78, 5) is 19.6. The Balaban J connectivity index is 2.42. The number of carboxylic acids is 1. The third kappa shape index (κ3) is 3.47. The second-order valence-corrected chi connectivity index (χ2v) is 4.25. The van der Waals surface area contributed by atoms with E-state index in [2.05, 4.69) is 15.3 Å². The lowest BCUT2D eigenvalue weighted by Crippen LogP contribution is -2.09. The summed E-state index contributed by atoms with van der Waals surface area (Å²) in [6.45, 7) is 4.94. The lowest BCUT2D eigenvalue weighted by atomic mass is 10.2. The second kappa shape index (κ2) is 6.69. The molecule has 0 atom stereocenters. The highest BCUT2D eigenvalue weighted by Crippen LogP contribution is 2.23. The SMILES string of the molecule is CCNc1nc(-c2cccc(OCC)c2)ncc1C(=O)O. The van der Waals surface area contributed by atoms with E-state index in [0.29, 0.717) is 24.8 Å². The molecule has 0 saturated heterocycles. The Labute approximate surface area is 122 Å². The predicted octanol–water partition coefficient (Wildman–Crippen LogP) is 2.67. The first-order chi connectivity index (χ1) is 10.2. The van der Waals surface area contributed by atoms with Crippen LogP contribution >= 0.6 is 0 Å². The zero-order valence-corrected chi connectivity index (χ0v) is 12.0. The first-order valence-electron chi connectivity index (χ1n) is 6.73. The average molecular weight is 287 g/mol. The Morgan fingerprint density at radius 2 is 2.19 bits per heavy atom. The van der Waals surface area contributed by atoms with Gasteiger partial charge in [-0.25, -0.2) is 14.8 Å². The van der Waals surface area contributed by atoms with Gasteiger partial charge in [0.2, 0.25) is 0 Å². The van der Waals surface area contributed by atoms with E-state index in [1.54, 1.807) is 0 Å². The molecule has 0 radical (unpaired) electrons. The quantitative estimate of drug-likeness (QED) is 0.849. The van der Waals surface area contributed by atoms with Gasteiger partial charge < -0.3 is 15.2 Å². The van der Waals surface area contributed by atoms with E-state index in [0.717, 1.165) is 11.3 Å². The summed E-state index contributed by atoms with van der Waals surface area (Å²) >= 11 is 0. The number of hydrogen-bond donors (Lipinski definition) is 2. The maximum Gasteiger partial charge on any atom is 0.341 e. The molecular formula is C15H17N3O3. The van der Waals surface area contributed by atoms with E-state index in [9.17, 15) is 4.79 Å². The van der Waals surface area contributed by atoms with Gasteiger partial charge >= 0.3 is 5.97 Å². The number of carbonyl (C=O) groups is 1. The van der Waals surface area contributed by atoms with Crippen molar-refractivity contribution < 1.29 is 14.6 Å². The number of aromatic nitrogens is 2. The Bertz CT molecular complexity index is 644. The van der Waals surface area contributed by atoms with Crippen LogP contribution in [0.3, 0.4) is 0 Å². The highest BCUT2D eigenvalue weighted by atomic mass is 16.5. The van der Waals surface area contributed by atoms with Crippen LogP contribution in [0.5, 0.6) is 5.75 Å². The Morgan fingerprint density at radius 3 is 2.86 bits per heavy atom. The third-order valence-electron chi connectivity index (χ3n) is 2.77. The molecule has 0 bridgehead atoms. The molecule has 0 fully saturated rings. The molecule has 1 aromatic heterocycles. The summed E-state index contributed by atoms with van der Waals surface area (Å²) in [6.07, 6.45) is 1.32. The number of hydrogen-bond acceptors (Lipinski definition) is 5. The van der Waals surface area contributed by atoms with E-state index < -0.39 is 5.97 Å². The topological polar surface area (TPSA) is 84.3 Å². The summed E-state index contributed by atoms with van der Waals surface area (Å²) in [5.41, 5.74) is 0.832. The third-order valence-corrected chi connectivity index (χ3v) is 2.77. The van der Waals surface area contributed by atoms with E-state index >= 15 is 0 Å². The number of carboxylic acid groups (broad SMARTS) is 1. The monoisotopic (exact) mass is 287 g/mol. The van der Waals surface area contributed by atoms with Gasteiger partial charge in [0.05, 0.1) is 6.61 Å². The Morgan fingerprint density at radius 1 is 1.38 bits per heavy atom. The lowest BCUT2D eigenvalue weighted by molar-refractivity contribution is 0.0697. The number of aromatic carboxylic acids is 1. The molecule has 0 spiro atoms. The zero-order valence-electron chi connectivity index (χ0n) is 12.0. The first kappa shape index (κ1) is 14.8.